The average molecular weight is 677 g/mol. The van der Waals surface area contributed by atoms with Gasteiger partial charge in [0.25, 0.3) is 0 Å². The Bertz CT molecular complexity index is 2880. The summed E-state index contributed by atoms with van der Waals surface area (Å²) in [5.41, 5.74) is 10.8. The lowest BCUT2D eigenvalue weighted by atomic mass is 9.99. The lowest BCUT2D eigenvalue weighted by molar-refractivity contribution is 1.07. The molecule has 0 radical (unpaired) electrons. The Kier molecular flexibility index (Phi) is 7.43. The monoisotopic (exact) mass is 676 g/mol. The Morgan fingerprint density at radius 1 is 0.302 bits per heavy atom. The van der Waals surface area contributed by atoms with E-state index in [-0.39, 0.29) is 0 Å². The lowest BCUT2D eigenvalue weighted by Crippen LogP contribution is -2.02. The second-order valence-electron chi connectivity index (χ2n) is 13.3. The molecule has 0 amide bonds. The number of rotatable bonds is 6. The van der Waals surface area contributed by atoms with Gasteiger partial charge in [-0.05, 0) is 57.8 Å². The second kappa shape index (κ2) is 12.9. The van der Waals surface area contributed by atoms with Gasteiger partial charge in [0.05, 0.1) is 16.7 Å². The number of hydrogen-bond acceptors (Lipinski definition) is 3. The summed E-state index contributed by atoms with van der Waals surface area (Å²) in [7, 11) is 0. The molecule has 10 aromatic rings. The molecule has 2 aromatic heterocycles. The Labute approximate surface area is 307 Å². The van der Waals surface area contributed by atoms with Crippen LogP contribution in [0.3, 0.4) is 0 Å². The van der Waals surface area contributed by atoms with Crippen LogP contribution >= 0.6 is 0 Å². The average Bonchev–Trinajstić information content (AvgIpc) is 3.58. The molecule has 0 unspecified atom stereocenters. The molecule has 0 bridgehead atoms. The summed E-state index contributed by atoms with van der Waals surface area (Å²) in [4.78, 5) is 15.4. The number of fused-ring (bicyclic) bond motifs is 4. The molecule has 53 heavy (non-hydrogen) atoms. The van der Waals surface area contributed by atoms with Crippen molar-refractivity contribution in [3.8, 4) is 62.1 Å². The van der Waals surface area contributed by atoms with Crippen LogP contribution in [-0.4, -0.2) is 19.5 Å². The number of hydrogen-bond donors (Lipinski definition) is 0. The molecule has 0 N–H and O–H groups in total. The van der Waals surface area contributed by atoms with Crippen LogP contribution in [0.1, 0.15) is 0 Å². The van der Waals surface area contributed by atoms with Crippen molar-refractivity contribution in [3.63, 3.8) is 0 Å². The highest BCUT2D eigenvalue weighted by Gasteiger charge is 2.19. The van der Waals surface area contributed by atoms with Gasteiger partial charge in [-0.15, -0.1) is 0 Å². The molecule has 0 aliphatic heterocycles. The van der Waals surface area contributed by atoms with Crippen molar-refractivity contribution in [3.05, 3.63) is 194 Å². The normalized spacial score (nSPS) is 11.4. The van der Waals surface area contributed by atoms with Crippen LogP contribution in [0, 0.1) is 0 Å². The zero-order valence-electron chi connectivity index (χ0n) is 28.8. The van der Waals surface area contributed by atoms with Crippen LogP contribution in [0.2, 0.25) is 0 Å². The largest absolute Gasteiger partial charge is 0.309 e. The maximum atomic E-state index is 5.19. The highest BCUT2D eigenvalue weighted by molar-refractivity contribution is 6.09. The zero-order chi connectivity index (χ0) is 35.1. The summed E-state index contributed by atoms with van der Waals surface area (Å²) in [6.45, 7) is 0. The maximum absolute atomic E-state index is 5.19. The molecule has 8 aromatic carbocycles. The van der Waals surface area contributed by atoms with Crippen LogP contribution in [0.5, 0.6) is 0 Å². The fourth-order valence-corrected chi connectivity index (χ4v) is 7.45. The molecule has 4 nitrogen and oxygen atoms in total. The molecule has 2 heterocycles. The molecule has 0 saturated heterocycles. The Morgan fingerprint density at radius 3 is 1.34 bits per heavy atom. The van der Waals surface area contributed by atoms with Crippen LogP contribution in [0.4, 0.5) is 0 Å². The van der Waals surface area contributed by atoms with Gasteiger partial charge in [0.2, 0.25) is 0 Å². The van der Waals surface area contributed by atoms with Crippen LogP contribution < -0.4 is 0 Å². The minimum absolute atomic E-state index is 0.620. The standard InChI is InChI=1S/C49H32N4/c1-4-14-33(15-5-1)36-24-25-38-31-39(27-26-37(38)30-36)48-50-47(35-18-8-3-9-19-35)51-49(52-48)40-28-29-41(34-16-6-2-7-17-34)46(32-40)53-44-22-12-10-20-42(44)43-21-11-13-23-45(43)53/h1-32H. The van der Waals surface area contributed by atoms with Gasteiger partial charge in [-0.3, -0.25) is 0 Å². The molecule has 0 aliphatic rings. The Balaban J connectivity index is 1.17. The molecule has 0 fully saturated rings. The topological polar surface area (TPSA) is 43.6 Å². The minimum Gasteiger partial charge on any atom is -0.309 e. The highest BCUT2D eigenvalue weighted by Crippen LogP contribution is 2.38. The fraction of sp³-hybridized carbons (Fsp3) is 0. The smallest absolute Gasteiger partial charge is 0.164 e. The van der Waals surface area contributed by atoms with Crippen molar-refractivity contribution in [2.45, 2.75) is 0 Å². The van der Waals surface area contributed by atoms with E-state index in [0.717, 1.165) is 49.9 Å². The highest BCUT2D eigenvalue weighted by atomic mass is 15.0. The van der Waals surface area contributed by atoms with Crippen molar-refractivity contribution < 1.29 is 0 Å². The Hall–Kier alpha value is -7.17. The van der Waals surface area contributed by atoms with E-state index in [0.29, 0.717) is 17.5 Å². The van der Waals surface area contributed by atoms with Crippen molar-refractivity contribution in [1.29, 1.82) is 0 Å². The van der Waals surface area contributed by atoms with Gasteiger partial charge in [0.15, 0.2) is 17.5 Å². The van der Waals surface area contributed by atoms with E-state index in [1.54, 1.807) is 0 Å². The van der Waals surface area contributed by atoms with E-state index < -0.39 is 0 Å². The summed E-state index contributed by atoms with van der Waals surface area (Å²) in [6.07, 6.45) is 0. The van der Waals surface area contributed by atoms with Gasteiger partial charge in [-0.1, -0.05) is 164 Å². The molecule has 4 heteroatoms. The first-order chi connectivity index (χ1) is 26.3. The summed E-state index contributed by atoms with van der Waals surface area (Å²) >= 11 is 0. The van der Waals surface area contributed by atoms with Gasteiger partial charge >= 0.3 is 0 Å². The summed E-state index contributed by atoms with van der Waals surface area (Å²) < 4.78 is 2.38. The fourth-order valence-electron chi connectivity index (χ4n) is 7.45. The van der Waals surface area contributed by atoms with Crippen molar-refractivity contribution in [2.75, 3.05) is 0 Å². The molecule has 248 valence electrons. The van der Waals surface area contributed by atoms with Gasteiger partial charge in [0, 0.05) is 33.0 Å². The third-order valence-electron chi connectivity index (χ3n) is 10.0. The first-order valence-corrected chi connectivity index (χ1v) is 17.9. The van der Waals surface area contributed by atoms with E-state index in [1.165, 1.54) is 27.3 Å². The van der Waals surface area contributed by atoms with E-state index in [4.69, 9.17) is 15.0 Å². The molecular weight excluding hydrogens is 645 g/mol. The quantitative estimate of drug-likeness (QED) is 0.176. The summed E-state index contributed by atoms with van der Waals surface area (Å²) in [5, 5.41) is 4.73. The molecule has 10 rings (SSSR count). The zero-order valence-corrected chi connectivity index (χ0v) is 28.8. The van der Waals surface area contributed by atoms with Crippen LogP contribution in [-0.2, 0) is 0 Å². The van der Waals surface area contributed by atoms with Crippen LogP contribution in [0.15, 0.2) is 194 Å². The predicted molar refractivity (Wildman–Crippen MR) is 219 cm³/mol. The lowest BCUT2D eigenvalue weighted by Gasteiger charge is -2.16. The number of para-hydroxylation sites is 2. The SMILES string of the molecule is c1ccc(-c2ccc3cc(-c4nc(-c5ccccc5)nc(-c5ccc(-c6ccccc6)c(-n6c7ccccc7c7ccccc76)c5)n4)ccc3c2)cc1. The number of aromatic nitrogens is 4. The van der Waals surface area contributed by atoms with E-state index in [1.807, 2.05) is 24.3 Å². The molecule has 0 spiro atoms. The Morgan fingerprint density at radius 2 is 0.736 bits per heavy atom. The first-order valence-electron chi connectivity index (χ1n) is 17.9. The molecule has 0 saturated carbocycles. The van der Waals surface area contributed by atoms with E-state index in [9.17, 15) is 0 Å². The van der Waals surface area contributed by atoms with Crippen molar-refractivity contribution in [1.82, 2.24) is 19.5 Å². The third kappa shape index (κ3) is 5.54. The molecular formula is C49H32N4. The maximum Gasteiger partial charge on any atom is 0.164 e. The van der Waals surface area contributed by atoms with E-state index in [2.05, 4.69) is 174 Å². The van der Waals surface area contributed by atoms with Crippen LogP contribution in [0.25, 0.3) is 94.7 Å². The van der Waals surface area contributed by atoms with Gasteiger partial charge < -0.3 is 4.57 Å². The minimum atomic E-state index is 0.620. The predicted octanol–water partition coefficient (Wildman–Crippen LogP) is 12.5. The van der Waals surface area contributed by atoms with Gasteiger partial charge in [-0.25, -0.2) is 15.0 Å². The first kappa shape index (κ1) is 30.6. The summed E-state index contributed by atoms with van der Waals surface area (Å²) in [6, 6.07) is 68.1. The van der Waals surface area contributed by atoms with E-state index >= 15 is 0 Å². The molecule has 0 atom stereocenters. The third-order valence-corrected chi connectivity index (χ3v) is 10.0. The summed E-state index contributed by atoms with van der Waals surface area (Å²) in [5.74, 6) is 1.89. The second-order valence-corrected chi connectivity index (χ2v) is 13.3. The van der Waals surface area contributed by atoms with Gasteiger partial charge in [-0.2, -0.15) is 0 Å². The van der Waals surface area contributed by atoms with Gasteiger partial charge in [0.1, 0.15) is 0 Å². The van der Waals surface area contributed by atoms with Crippen molar-refractivity contribution in [2.24, 2.45) is 0 Å². The number of nitrogens with zero attached hydrogens (tertiary/aromatic N) is 4. The number of benzene rings is 8. The molecule has 0 aliphatic carbocycles. The van der Waals surface area contributed by atoms with Crippen molar-refractivity contribution >= 4 is 32.6 Å².